The Kier molecular flexibility index (Phi) is 14.7. The monoisotopic (exact) mass is 1050 g/mol. The maximum absolute atomic E-state index is 14.4. The van der Waals surface area contributed by atoms with Gasteiger partial charge in [0.25, 0.3) is 0 Å². The van der Waals surface area contributed by atoms with E-state index in [0.29, 0.717) is 102 Å². The molecule has 19 heteroatoms. The number of hydrogen-bond acceptors (Lipinski definition) is 15. The number of hydrogen-bond donors (Lipinski definition) is 1. The number of ether oxygens (including phenoxy) is 7. The molecule has 0 unspecified atom stereocenters. The summed E-state index contributed by atoms with van der Waals surface area (Å²) >= 11 is 16.0. The first-order valence-corrected chi connectivity index (χ1v) is 25.5. The summed E-state index contributed by atoms with van der Waals surface area (Å²) in [6, 6.07) is 20.6. The zero-order valence-corrected chi connectivity index (χ0v) is 43.2. The van der Waals surface area contributed by atoms with Crippen LogP contribution in [0, 0.1) is 19.7 Å². The highest BCUT2D eigenvalue weighted by atomic mass is 35.5. The Labute approximate surface area is 435 Å². The van der Waals surface area contributed by atoms with Crippen molar-refractivity contribution in [1.82, 2.24) is 29.7 Å². The van der Waals surface area contributed by atoms with Crippen LogP contribution in [-0.4, -0.2) is 125 Å². The lowest BCUT2D eigenvalue weighted by Crippen LogP contribution is -2.49. The number of benzene rings is 4. The Bertz CT molecular complexity index is 3140. The average molecular weight is 1050 g/mol. The fourth-order valence-electron chi connectivity index (χ4n) is 9.28. The molecule has 15 nitrogen and oxygen atoms in total. The number of likely N-dealkylation sites (N-methyl/N-ethyl adjacent to an activating group) is 1. The average Bonchev–Trinajstić information content (AvgIpc) is 3.95. The van der Waals surface area contributed by atoms with Crippen LogP contribution < -0.4 is 23.7 Å². The predicted molar refractivity (Wildman–Crippen MR) is 276 cm³/mol. The normalized spacial score (nSPS) is 19.2. The van der Waals surface area contributed by atoms with Gasteiger partial charge in [-0.15, -0.1) is 11.3 Å². The topological polar surface area (TPSA) is 160 Å². The molecule has 2 fully saturated rings. The van der Waals surface area contributed by atoms with Crippen molar-refractivity contribution >= 4 is 50.7 Å². The van der Waals surface area contributed by atoms with E-state index in [1.807, 2.05) is 52.0 Å². The highest BCUT2D eigenvalue weighted by molar-refractivity contribution is 7.22. The van der Waals surface area contributed by atoms with Crippen LogP contribution in [0.5, 0.6) is 28.9 Å². The SMILES string of the molecule is Cc1c(Cl)c2c(Cl)c(C)c1-c1c(-c3ccc(F)cc3)sc3ncnc(c13)O[C@@H](C(=O)O)Cc1cc(ccc1OCc1ccnc(-c3ccccc3OC[C@@H]3COC(C)(C)O3)n1)OC[C@@H](CN1CCN(C)CC1)O2. The van der Waals surface area contributed by atoms with Crippen molar-refractivity contribution in [3.05, 3.63) is 124 Å². The largest absolute Gasteiger partial charge is 0.490 e. The Morgan fingerprint density at radius 2 is 1.66 bits per heavy atom. The number of fused-ring (bicyclic) bond motifs is 7. The third kappa shape index (κ3) is 11.0. The van der Waals surface area contributed by atoms with Crippen LogP contribution in [0.25, 0.3) is 43.2 Å². The predicted octanol–water partition coefficient (Wildman–Crippen LogP) is 10.1. The minimum absolute atomic E-state index is 0.00200. The molecule has 73 heavy (non-hydrogen) atoms. The van der Waals surface area contributed by atoms with Crippen LogP contribution in [0.1, 0.15) is 36.2 Å². The van der Waals surface area contributed by atoms with Gasteiger partial charge in [0.15, 0.2) is 17.4 Å². The van der Waals surface area contributed by atoms with Gasteiger partial charge in [-0.2, -0.15) is 0 Å². The van der Waals surface area contributed by atoms with Crippen molar-refractivity contribution in [3.63, 3.8) is 0 Å². The number of piperazine rings is 1. The Hall–Kier alpha value is -6.18. The first kappa shape index (κ1) is 50.4. The van der Waals surface area contributed by atoms with E-state index >= 15 is 0 Å². The van der Waals surface area contributed by atoms with Gasteiger partial charge in [-0.05, 0) is 106 Å². The van der Waals surface area contributed by atoms with Crippen LogP contribution in [0.3, 0.4) is 0 Å². The molecular weight excluding hydrogens is 999 g/mol. The Morgan fingerprint density at radius 3 is 2.40 bits per heavy atom. The molecule has 4 aliphatic rings. The first-order chi connectivity index (χ1) is 35.2. The van der Waals surface area contributed by atoms with E-state index in [1.165, 1.54) is 29.8 Å². The van der Waals surface area contributed by atoms with Crippen molar-refractivity contribution in [3.8, 4) is 61.8 Å². The Morgan fingerprint density at radius 1 is 0.890 bits per heavy atom. The van der Waals surface area contributed by atoms with Crippen molar-refractivity contribution < 1.29 is 47.4 Å². The molecule has 0 saturated carbocycles. The molecule has 1 N–H and O–H groups in total. The van der Waals surface area contributed by atoms with E-state index in [4.69, 9.17) is 61.3 Å². The molecule has 3 atom stereocenters. The number of thiophene rings is 1. The van der Waals surface area contributed by atoms with Gasteiger partial charge in [0.05, 0.1) is 33.3 Å². The van der Waals surface area contributed by atoms with E-state index in [9.17, 15) is 14.3 Å². The van der Waals surface area contributed by atoms with E-state index < -0.39 is 29.8 Å². The fraction of sp³-hybridized carbons (Fsp3) is 0.352. The number of carboxylic acids is 1. The molecule has 4 bridgehead atoms. The van der Waals surface area contributed by atoms with E-state index in [0.717, 1.165) is 26.2 Å². The lowest BCUT2D eigenvalue weighted by molar-refractivity contribution is -0.145. The molecule has 0 amide bonds. The van der Waals surface area contributed by atoms with Gasteiger partial charge in [0.2, 0.25) is 12.0 Å². The van der Waals surface area contributed by atoms with Gasteiger partial charge in [0, 0.05) is 61.3 Å². The molecule has 0 aliphatic carbocycles. The van der Waals surface area contributed by atoms with Crippen molar-refractivity contribution in [2.24, 2.45) is 0 Å². The Balaban J connectivity index is 1.03. The van der Waals surface area contributed by atoms with E-state index in [2.05, 4.69) is 31.8 Å². The van der Waals surface area contributed by atoms with Crippen LogP contribution in [-0.2, 0) is 27.3 Å². The van der Waals surface area contributed by atoms with Crippen molar-refractivity contribution in [1.29, 1.82) is 0 Å². The molecule has 0 radical (unpaired) electrons. The number of carboxylic acid groups (broad SMARTS) is 1. The summed E-state index contributed by atoms with van der Waals surface area (Å²) in [5, 5.41) is 12.0. The van der Waals surface area contributed by atoms with Gasteiger partial charge >= 0.3 is 5.97 Å². The minimum Gasteiger partial charge on any atom is -0.490 e. The molecule has 380 valence electrons. The van der Waals surface area contributed by atoms with Gasteiger partial charge in [-0.25, -0.2) is 29.1 Å². The molecule has 0 spiro atoms. The standard InChI is InChI=1S/C54H53Cl2FN6O9S/c1-30-43-31(2)47(56)48(46(30)55)70-37(24-63-20-18-62(5)19-21-63)26-66-36-14-15-40(67-25-35-16-17-58-50(61-35)39-8-6-7-9-41(39)68-27-38-28-69-54(3,4)72-38)33(22-36)23-42(53(64)65)71-51-45-44(43)49(73-52(45)60-29-59-51)32-10-12-34(57)13-11-32/h6-17,22,29,37-38,42H,18-21,23-28H2,1-5H3,(H,64,65)/t37-,38-,42-/m1/s1. The maximum atomic E-state index is 14.4. The van der Waals surface area contributed by atoms with E-state index in [-0.39, 0.29) is 48.3 Å². The molecule has 7 heterocycles. The van der Waals surface area contributed by atoms with Gasteiger partial charge in [0.1, 0.15) is 66.3 Å². The second kappa shape index (κ2) is 21.3. The van der Waals surface area contributed by atoms with Crippen LogP contribution in [0.2, 0.25) is 10.0 Å². The van der Waals surface area contributed by atoms with Crippen LogP contribution in [0.15, 0.2) is 85.3 Å². The summed E-state index contributed by atoms with van der Waals surface area (Å²) in [6.07, 6.45) is 0.525. The lowest BCUT2D eigenvalue weighted by atomic mass is 9.92. The number of para-hydroxylation sites is 1. The van der Waals surface area contributed by atoms with Crippen LogP contribution >= 0.6 is 34.5 Å². The van der Waals surface area contributed by atoms with Gasteiger partial charge in [-0.3, -0.25) is 4.90 Å². The van der Waals surface area contributed by atoms with Gasteiger partial charge < -0.3 is 43.2 Å². The lowest BCUT2D eigenvalue weighted by Gasteiger charge is -2.35. The summed E-state index contributed by atoms with van der Waals surface area (Å²) in [6.45, 7) is 12.2. The second-order valence-corrected chi connectivity index (χ2v) is 20.5. The molecular formula is C54H53Cl2FN6O9S. The smallest absolute Gasteiger partial charge is 0.345 e. The quantitative estimate of drug-likeness (QED) is 0.130. The summed E-state index contributed by atoms with van der Waals surface area (Å²) in [5.74, 6) is -0.188. The molecule has 11 rings (SSSR count). The van der Waals surface area contributed by atoms with Crippen molar-refractivity contribution in [2.75, 3.05) is 59.6 Å². The molecule has 4 aliphatic heterocycles. The second-order valence-electron chi connectivity index (χ2n) is 18.7. The first-order valence-electron chi connectivity index (χ1n) is 23.9. The summed E-state index contributed by atoms with van der Waals surface area (Å²) in [5.41, 5.74) is 4.94. The van der Waals surface area contributed by atoms with E-state index in [1.54, 1.807) is 42.6 Å². The minimum atomic E-state index is -1.49. The number of aromatic nitrogens is 4. The summed E-state index contributed by atoms with van der Waals surface area (Å²) in [7, 11) is 2.10. The number of rotatable bonds is 11. The fourth-order valence-corrected chi connectivity index (χ4v) is 10.9. The number of aliphatic carboxylic acids is 1. The molecule has 4 aromatic carbocycles. The zero-order chi connectivity index (χ0) is 51.0. The van der Waals surface area contributed by atoms with Crippen LogP contribution in [0.4, 0.5) is 4.39 Å². The highest BCUT2D eigenvalue weighted by Gasteiger charge is 2.34. The van der Waals surface area contributed by atoms with Crippen molar-refractivity contribution in [2.45, 2.75) is 64.8 Å². The third-order valence-corrected chi connectivity index (χ3v) is 15.1. The highest BCUT2D eigenvalue weighted by Crippen LogP contribution is 2.53. The number of halogens is 3. The summed E-state index contributed by atoms with van der Waals surface area (Å²) in [4.78, 5) is 37.9. The maximum Gasteiger partial charge on any atom is 0.345 e. The molecule has 2 saturated heterocycles. The van der Waals surface area contributed by atoms with Gasteiger partial charge in [-0.1, -0.05) is 47.5 Å². The number of carbonyl (C=O) groups is 1. The molecule has 3 aromatic heterocycles. The summed E-state index contributed by atoms with van der Waals surface area (Å²) < 4.78 is 58.7. The zero-order valence-electron chi connectivity index (χ0n) is 40.8. The molecule has 7 aromatic rings. The number of nitrogens with zero attached hydrogens (tertiary/aromatic N) is 6. The third-order valence-electron chi connectivity index (χ3n) is 13.1.